The number of halogens is 1. The molecule has 12 heavy (non-hydrogen) atoms. The van der Waals surface area contributed by atoms with Crippen molar-refractivity contribution in [2.45, 2.75) is 6.92 Å². The zero-order chi connectivity index (χ0) is 8.97. The Kier molecular flexibility index (Phi) is 3.29. The van der Waals surface area contributed by atoms with Crippen molar-refractivity contribution in [2.75, 3.05) is 6.01 Å². The Morgan fingerprint density at radius 2 is 2.33 bits per heavy atom. The molecular formula is C9H9FOS. The topological polar surface area (TPSA) is 17.1 Å². The summed E-state index contributed by atoms with van der Waals surface area (Å²) in [6, 6.07) is 6.48. The molecule has 0 saturated carbocycles. The van der Waals surface area contributed by atoms with Gasteiger partial charge in [-0.1, -0.05) is 23.8 Å². The molecule has 0 aromatic heterocycles. The molecule has 0 aliphatic carbocycles. The number of aryl methyl sites for hydroxylation is 1. The monoisotopic (exact) mass is 184 g/mol. The van der Waals surface area contributed by atoms with Crippen molar-refractivity contribution in [3.8, 4) is 0 Å². The lowest BCUT2D eigenvalue weighted by Crippen LogP contribution is -1.93. The van der Waals surface area contributed by atoms with E-state index in [9.17, 15) is 9.18 Å². The molecule has 0 saturated heterocycles. The predicted octanol–water partition coefficient (Wildman–Crippen LogP) is 2.80. The highest BCUT2D eigenvalue weighted by Crippen LogP contribution is 2.13. The third kappa shape index (κ3) is 2.34. The summed E-state index contributed by atoms with van der Waals surface area (Å²) in [5.41, 5.74) is 1.58. The van der Waals surface area contributed by atoms with Crippen molar-refractivity contribution < 1.29 is 9.18 Å². The van der Waals surface area contributed by atoms with Gasteiger partial charge in [0.25, 0.3) is 0 Å². The summed E-state index contributed by atoms with van der Waals surface area (Å²) in [5, 5.41) is -0.207. The number of thioether (sulfide) groups is 1. The first-order valence-electron chi connectivity index (χ1n) is 3.54. The molecule has 0 atom stereocenters. The Hall–Kier alpha value is -0.830. The maximum Gasteiger partial charge on any atom is 0.221 e. The highest BCUT2D eigenvalue weighted by atomic mass is 32.2. The zero-order valence-corrected chi connectivity index (χ0v) is 7.53. The van der Waals surface area contributed by atoms with Crippen LogP contribution in [0.25, 0.3) is 0 Å². The lowest BCUT2D eigenvalue weighted by Gasteiger charge is -1.97. The lowest BCUT2D eigenvalue weighted by atomic mass is 10.2. The highest BCUT2D eigenvalue weighted by molar-refractivity contribution is 8.14. The van der Waals surface area contributed by atoms with Crippen molar-refractivity contribution in [2.24, 2.45) is 0 Å². The van der Waals surface area contributed by atoms with Gasteiger partial charge in [-0.3, -0.25) is 4.79 Å². The molecule has 1 aromatic carbocycles. The molecule has 3 heteroatoms. The number of benzene rings is 1. The number of alkyl halides is 1. The van der Waals surface area contributed by atoms with Gasteiger partial charge in [-0.15, -0.1) is 0 Å². The van der Waals surface area contributed by atoms with Crippen molar-refractivity contribution in [3.05, 3.63) is 35.4 Å². The molecule has 0 radical (unpaired) electrons. The third-order valence-corrected chi connectivity index (χ3v) is 2.05. The summed E-state index contributed by atoms with van der Waals surface area (Å²) in [6.45, 7) is 1.90. The Labute approximate surface area is 75.0 Å². The Balaban J connectivity index is 2.81. The minimum atomic E-state index is -0.660. The maximum absolute atomic E-state index is 11.8. The Bertz CT molecular complexity index is 286. The summed E-state index contributed by atoms with van der Waals surface area (Å²) in [5.74, 6) is 0. The standard InChI is InChI=1S/C9H9FOS/c1-7-3-2-4-8(5-7)9(11)12-6-10/h2-5H,6H2,1H3. The average molecular weight is 184 g/mol. The van der Waals surface area contributed by atoms with Crippen LogP contribution in [0.4, 0.5) is 4.39 Å². The first kappa shape index (κ1) is 9.26. The summed E-state index contributed by atoms with van der Waals surface area (Å²) in [4.78, 5) is 11.1. The van der Waals surface area contributed by atoms with E-state index in [1.54, 1.807) is 18.2 Å². The second-order valence-corrected chi connectivity index (χ2v) is 3.29. The molecule has 0 N–H and O–H groups in total. The van der Waals surface area contributed by atoms with Crippen LogP contribution in [0.2, 0.25) is 0 Å². The van der Waals surface area contributed by atoms with E-state index in [0.717, 1.165) is 5.56 Å². The van der Waals surface area contributed by atoms with Crippen LogP contribution in [0, 0.1) is 6.92 Å². The largest absolute Gasteiger partial charge is 0.281 e. The fraction of sp³-hybridized carbons (Fsp3) is 0.222. The summed E-state index contributed by atoms with van der Waals surface area (Å²) in [6.07, 6.45) is 0. The van der Waals surface area contributed by atoms with E-state index in [1.807, 2.05) is 13.0 Å². The fourth-order valence-corrected chi connectivity index (χ4v) is 1.30. The van der Waals surface area contributed by atoms with Crippen LogP contribution >= 0.6 is 11.8 Å². The van der Waals surface area contributed by atoms with Gasteiger partial charge in [-0.25, -0.2) is 4.39 Å². The van der Waals surface area contributed by atoms with Crippen molar-refractivity contribution >= 4 is 16.9 Å². The summed E-state index contributed by atoms with van der Waals surface area (Å²) >= 11 is 0.687. The number of hydrogen-bond donors (Lipinski definition) is 0. The van der Waals surface area contributed by atoms with Crippen LogP contribution in [0.1, 0.15) is 15.9 Å². The molecule has 1 aromatic rings. The number of carbonyl (C=O) groups excluding carboxylic acids is 1. The Morgan fingerprint density at radius 3 is 2.92 bits per heavy atom. The van der Waals surface area contributed by atoms with E-state index in [1.165, 1.54) is 0 Å². The van der Waals surface area contributed by atoms with Gasteiger partial charge >= 0.3 is 0 Å². The maximum atomic E-state index is 11.8. The molecule has 1 nitrogen and oxygen atoms in total. The van der Waals surface area contributed by atoms with Crippen LogP contribution in [0.3, 0.4) is 0 Å². The van der Waals surface area contributed by atoms with Gasteiger partial charge in [0.05, 0.1) is 0 Å². The van der Waals surface area contributed by atoms with Crippen LogP contribution in [-0.4, -0.2) is 11.1 Å². The first-order valence-corrected chi connectivity index (χ1v) is 4.52. The molecule has 0 fully saturated rings. The number of hydrogen-bond acceptors (Lipinski definition) is 2. The second-order valence-electron chi connectivity index (χ2n) is 2.41. The molecule has 0 aliphatic rings. The first-order chi connectivity index (χ1) is 5.74. The van der Waals surface area contributed by atoms with Crippen molar-refractivity contribution in [1.82, 2.24) is 0 Å². The van der Waals surface area contributed by atoms with E-state index in [0.29, 0.717) is 17.3 Å². The SMILES string of the molecule is Cc1cccc(C(=O)SCF)c1. The molecule has 0 spiro atoms. The minimum absolute atomic E-state index is 0.207. The molecule has 0 amide bonds. The van der Waals surface area contributed by atoms with Gasteiger partial charge in [0.15, 0.2) is 0 Å². The zero-order valence-electron chi connectivity index (χ0n) is 6.71. The normalized spacial score (nSPS) is 9.83. The van der Waals surface area contributed by atoms with Gasteiger partial charge in [0, 0.05) is 5.56 Å². The quantitative estimate of drug-likeness (QED) is 0.703. The van der Waals surface area contributed by atoms with Crippen molar-refractivity contribution in [3.63, 3.8) is 0 Å². The molecule has 0 aliphatic heterocycles. The highest BCUT2D eigenvalue weighted by Gasteiger charge is 2.04. The molecule has 64 valence electrons. The van der Waals surface area contributed by atoms with Crippen LogP contribution in [-0.2, 0) is 0 Å². The summed E-state index contributed by atoms with van der Waals surface area (Å²) in [7, 11) is 0. The lowest BCUT2D eigenvalue weighted by molar-refractivity contribution is 0.108. The fourth-order valence-electron chi connectivity index (χ4n) is 0.905. The van der Waals surface area contributed by atoms with Gasteiger partial charge in [0.2, 0.25) is 5.12 Å². The van der Waals surface area contributed by atoms with E-state index < -0.39 is 6.01 Å². The third-order valence-electron chi connectivity index (χ3n) is 1.44. The number of carbonyl (C=O) groups is 1. The van der Waals surface area contributed by atoms with Crippen molar-refractivity contribution in [1.29, 1.82) is 0 Å². The molecule has 0 heterocycles. The molecular weight excluding hydrogens is 175 g/mol. The van der Waals surface area contributed by atoms with Crippen LogP contribution in [0.5, 0.6) is 0 Å². The van der Waals surface area contributed by atoms with E-state index in [2.05, 4.69) is 0 Å². The van der Waals surface area contributed by atoms with E-state index >= 15 is 0 Å². The molecule has 0 unspecified atom stereocenters. The minimum Gasteiger partial charge on any atom is -0.281 e. The molecule has 1 rings (SSSR count). The summed E-state index contributed by atoms with van der Waals surface area (Å²) < 4.78 is 11.8. The van der Waals surface area contributed by atoms with Gasteiger partial charge < -0.3 is 0 Å². The average Bonchev–Trinajstić information content (AvgIpc) is 2.05. The number of rotatable bonds is 2. The predicted molar refractivity (Wildman–Crippen MR) is 49.1 cm³/mol. The second kappa shape index (κ2) is 4.26. The van der Waals surface area contributed by atoms with Crippen LogP contribution < -0.4 is 0 Å². The molecule has 0 bridgehead atoms. The van der Waals surface area contributed by atoms with E-state index in [-0.39, 0.29) is 5.12 Å². The van der Waals surface area contributed by atoms with Gasteiger partial charge in [-0.2, -0.15) is 0 Å². The van der Waals surface area contributed by atoms with Crippen LogP contribution in [0.15, 0.2) is 24.3 Å². The Morgan fingerprint density at radius 1 is 1.58 bits per heavy atom. The van der Waals surface area contributed by atoms with Gasteiger partial charge in [-0.05, 0) is 24.8 Å². The smallest absolute Gasteiger partial charge is 0.221 e. The van der Waals surface area contributed by atoms with E-state index in [4.69, 9.17) is 0 Å². The van der Waals surface area contributed by atoms with Gasteiger partial charge in [0.1, 0.15) is 6.01 Å².